The minimum atomic E-state index is 0.813. The molecule has 2 N–H and O–H groups in total. The highest BCUT2D eigenvalue weighted by Gasteiger charge is 2.33. The molecule has 2 rings (SSSR count). The molecule has 2 saturated heterocycles. The highest BCUT2D eigenvalue weighted by molar-refractivity contribution is 4.89. The molecule has 82 valence electrons. The molecule has 3 nitrogen and oxygen atoms in total. The molecule has 2 heterocycles. The van der Waals surface area contributed by atoms with Gasteiger partial charge in [0, 0.05) is 25.7 Å². The first-order valence-electron chi connectivity index (χ1n) is 5.94. The fourth-order valence-corrected chi connectivity index (χ4v) is 3.11. The van der Waals surface area contributed by atoms with Gasteiger partial charge in [-0.15, -0.1) is 0 Å². The predicted molar refractivity (Wildman–Crippen MR) is 59.3 cm³/mol. The lowest BCUT2D eigenvalue weighted by molar-refractivity contribution is 0.0399. The maximum absolute atomic E-state index is 5.60. The van der Waals surface area contributed by atoms with Gasteiger partial charge in [0.25, 0.3) is 0 Å². The molecule has 3 heteroatoms. The van der Waals surface area contributed by atoms with Crippen molar-refractivity contribution in [3.05, 3.63) is 0 Å². The average Bonchev–Trinajstić information content (AvgIpc) is 2.18. The summed E-state index contributed by atoms with van der Waals surface area (Å²) >= 11 is 0. The van der Waals surface area contributed by atoms with E-state index in [0.717, 1.165) is 25.0 Å². The number of fused-ring (bicyclic) bond motifs is 1. The lowest BCUT2D eigenvalue weighted by Crippen LogP contribution is -2.53. The molecule has 14 heavy (non-hydrogen) atoms. The molecule has 0 aromatic carbocycles. The van der Waals surface area contributed by atoms with Gasteiger partial charge < -0.3 is 15.5 Å². The Bertz CT molecular complexity index is 183. The van der Waals surface area contributed by atoms with Gasteiger partial charge in [-0.2, -0.15) is 0 Å². The monoisotopic (exact) mass is 197 g/mol. The summed E-state index contributed by atoms with van der Waals surface area (Å²) in [5.41, 5.74) is 5.60. The topological polar surface area (TPSA) is 32.5 Å². The summed E-state index contributed by atoms with van der Waals surface area (Å²) in [6.07, 6.45) is 4.16. The van der Waals surface area contributed by atoms with Gasteiger partial charge in [-0.25, -0.2) is 0 Å². The van der Waals surface area contributed by atoms with Crippen molar-refractivity contribution < 1.29 is 0 Å². The van der Waals surface area contributed by atoms with E-state index in [1.54, 1.807) is 0 Å². The quantitative estimate of drug-likeness (QED) is 0.694. The Morgan fingerprint density at radius 2 is 2.14 bits per heavy atom. The summed E-state index contributed by atoms with van der Waals surface area (Å²) in [6, 6.07) is 0.859. The third-order valence-electron chi connectivity index (χ3n) is 3.88. The van der Waals surface area contributed by atoms with Crippen molar-refractivity contribution in [1.29, 1.82) is 0 Å². The number of nitrogens with zero attached hydrogens (tertiary/aromatic N) is 2. The smallest absolute Gasteiger partial charge is 0.0145 e. The van der Waals surface area contributed by atoms with Gasteiger partial charge in [0.15, 0.2) is 0 Å². The van der Waals surface area contributed by atoms with Crippen LogP contribution in [-0.2, 0) is 0 Å². The number of rotatable bonds is 2. The second-order valence-corrected chi connectivity index (χ2v) is 4.83. The van der Waals surface area contributed by atoms with Gasteiger partial charge in [-0.05, 0) is 45.3 Å². The van der Waals surface area contributed by atoms with Gasteiger partial charge in [-0.1, -0.05) is 0 Å². The van der Waals surface area contributed by atoms with E-state index >= 15 is 0 Å². The van der Waals surface area contributed by atoms with Crippen molar-refractivity contribution in [3.63, 3.8) is 0 Å². The zero-order valence-electron chi connectivity index (χ0n) is 9.28. The van der Waals surface area contributed by atoms with E-state index in [1.165, 1.54) is 38.9 Å². The molecular weight excluding hydrogens is 174 g/mol. The van der Waals surface area contributed by atoms with Crippen LogP contribution < -0.4 is 5.73 Å². The van der Waals surface area contributed by atoms with E-state index in [1.807, 2.05) is 0 Å². The summed E-state index contributed by atoms with van der Waals surface area (Å²) in [4.78, 5) is 5.11. The van der Waals surface area contributed by atoms with Crippen LogP contribution in [0.25, 0.3) is 0 Å². The Kier molecular flexibility index (Phi) is 3.42. The zero-order valence-corrected chi connectivity index (χ0v) is 9.28. The SMILES string of the molecule is CN1CCCC2CN(CCN)CCC21. The largest absolute Gasteiger partial charge is 0.329 e. The van der Waals surface area contributed by atoms with Crippen molar-refractivity contribution >= 4 is 0 Å². The molecule has 0 aliphatic carbocycles. The zero-order chi connectivity index (χ0) is 9.97. The summed E-state index contributed by atoms with van der Waals surface area (Å²) < 4.78 is 0. The summed E-state index contributed by atoms with van der Waals surface area (Å²) in [7, 11) is 2.29. The Hall–Kier alpha value is -0.120. The summed E-state index contributed by atoms with van der Waals surface area (Å²) in [5, 5.41) is 0. The Morgan fingerprint density at radius 3 is 2.93 bits per heavy atom. The Morgan fingerprint density at radius 1 is 1.29 bits per heavy atom. The Labute approximate surface area is 87.2 Å². The number of hydrogen-bond donors (Lipinski definition) is 1. The third kappa shape index (κ3) is 2.10. The maximum atomic E-state index is 5.60. The van der Waals surface area contributed by atoms with Gasteiger partial charge in [-0.3, -0.25) is 0 Å². The van der Waals surface area contributed by atoms with Crippen LogP contribution in [0.5, 0.6) is 0 Å². The second-order valence-electron chi connectivity index (χ2n) is 4.83. The minimum absolute atomic E-state index is 0.813. The molecule has 2 fully saturated rings. The molecule has 2 aliphatic rings. The summed E-state index contributed by atoms with van der Waals surface area (Å²) in [5.74, 6) is 0.911. The summed E-state index contributed by atoms with van der Waals surface area (Å²) in [6.45, 7) is 5.74. The van der Waals surface area contributed by atoms with Gasteiger partial charge in [0.05, 0.1) is 0 Å². The Balaban J connectivity index is 1.89. The van der Waals surface area contributed by atoms with Crippen LogP contribution in [0.2, 0.25) is 0 Å². The molecule has 0 spiro atoms. The maximum Gasteiger partial charge on any atom is 0.0145 e. The molecule has 0 aromatic rings. The van der Waals surface area contributed by atoms with E-state index in [4.69, 9.17) is 5.73 Å². The van der Waals surface area contributed by atoms with Crippen LogP contribution in [0.15, 0.2) is 0 Å². The number of likely N-dealkylation sites (tertiary alicyclic amines) is 2. The first kappa shape index (κ1) is 10.4. The van der Waals surface area contributed by atoms with Crippen LogP contribution in [-0.4, -0.2) is 55.6 Å². The number of nitrogens with two attached hydrogens (primary N) is 1. The average molecular weight is 197 g/mol. The van der Waals surface area contributed by atoms with Crippen molar-refractivity contribution in [1.82, 2.24) is 9.80 Å². The van der Waals surface area contributed by atoms with Crippen LogP contribution in [0.4, 0.5) is 0 Å². The minimum Gasteiger partial charge on any atom is -0.329 e. The first-order valence-corrected chi connectivity index (χ1v) is 5.94. The normalized spacial score (nSPS) is 35.6. The van der Waals surface area contributed by atoms with Gasteiger partial charge in [0.1, 0.15) is 0 Å². The lowest BCUT2D eigenvalue weighted by atomic mass is 9.84. The highest BCUT2D eigenvalue weighted by atomic mass is 15.2. The predicted octanol–water partition coefficient (Wildman–Crippen LogP) is 0.361. The van der Waals surface area contributed by atoms with E-state index in [-0.39, 0.29) is 0 Å². The van der Waals surface area contributed by atoms with Crippen LogP contribution in [0.1, 0.15) is 19.3 Å². The third-order valence-corrected chi connectivity index (χ3v) is 3.88. The van der Waals surface area contributed by atoms with Crippen molar-refractivity contribution in [2.24, 2.45) is 11.7 Å². The van der Waals surface area contributed by atoms with Gasteiger partial charge >= 0.3 is 0 Å². The van der Waals surface area contributed by atoms with Gasteiger partial charge in [0.2, 0.25) is 0 Å². The molecular formula is C11H23N3. The fourth-order valence-electron chi connectivity index (χ4n) is 3.11. The van der Waals surface area contributed by atoms with E-state index in [2.05, 4.69) is 16.8 Å². The molecule has 0 amide bonds. The van der Waals surface area contributed by atoms with E-state index in [9.17, 15) is 0 Å². The van der Waals surface area contributed by atoms with Crippen LogP contribution in [0, 0.1) is 5.92 Å². The highest BCUT2D eigenvalue weighted by Crippen LogP contribution is 2.29. The second kappa shape index (κ2) is 4.60. The standard InChI is InChI=1S/C11H23N3/c1-13-6-2-3-10-9-14(8-5-12)7-4-11(10)13/h10-11H,2-9,12H2,1H3. The van der Waals surface area contributed by atoms with Crippen LogP contribution in [0.3, 0.4) is 0 Å². The molecule has 0 aromatic heterocycles. The molecule has 2 atom stereocenters. The number of piperidine rings is 2. The lowest BCUT2D eigenvalue weighted by Gasteiger charge is -2.46. The molecule has 0 radical (unpaired) electrons. The number of hydrogen-bond acceptors (Lipinski definition) is 3. The van der Waals surface area contributed by atoms with Crippen LogP contribution >= 0.6 is 0 Å². The van der Waals surface area contributed by atoms with E-state index < -0.39 is 0 Å². The molecule has 0 saturated carbocycles. The first-order chi connectivity index (χ1) is 6.81. The fraction of sp³-hybridized carbons (Fsp3) is 1.00. The molecule has 0 bridgehead atoms. The van der Waals surface area contributed by atoms with Crippen molar-refractivity contribution in [3.8, 4) is 0 Å². The van der Waals surface area contributed by atoms with Crippen molar-refractivity contribution in [2.75, 3.05) is 39.8 Å². The van der Waals surface area contributed by atoms with Crippen molar-refractivity contribution in [2.45, 2.75) is 25.3 Å². The molecule has 2 unspecified atom stereocenters. The van der Waals surface area contributed by atoms with E-state index in [0.29, 0.717) is 0 Å². The molecule has 2 aliphatic heterocycles.